The molecule has 0 saturated carbocycles. The van der Waals surface area contributed by atoms with Crippen LogP contribution in [-0.2, 0) is 12.7 Å². The number of rotatable bonds is 12. The van der Waals surface area contributed by atoms with Crippen molar-refractivity contribution in [3.63, 3.8) is 0 Å². The number of hydrogen-bond acceptors (Lipinski definition) is 2. The Labute approximate surface area is 143 Å². The molecule has 0 aromatic heterocycles. The third-order valence-corrected chi connectivity index (χ3v) is 4.13. The first-order chi connectivity index (χ1) is 11.4. The molecule has 0 fully saturated rings. The first kappa shape index (κ1) is 21.0. The van der Waals surface area contributed by atoms with Crippen LogP contribution in [-0.4, -0.2) is 17.8 Å². The van der Waals surface area contributed by atoms with Crippen molar-refractivity contribution in [2.45, 2.75) is 77.1 Å². The third kappa shape index (κ3) is 9.28. The number of unbranched alkanes of at least 4 members (excludes halogenated alkanes) is 6. The molecule has 1 aromatic rings. The summed E-state index contributed by atoms with van der Waals surface area (Å²) < 4.78 is 37.4. The molecule has 0 amide bonds. The Kier molecular flexibility index (Phi) is 10.0. The maximum atomic E-state index is 12.5. The molecule has 138 valence electrons. The number of alkyl halides is 3. The monoisotopic (exact) mass is 345 g/mol. The SMILES string of the molecule is CCCCCCCCCC(O)CNCc1ccc(C(F)(F)F)cc1. The van der Waals surface area contributed by atoms with E-state index in [0.717, 1.165) is 37.0 Å². The standard InChI is InChI=1S/C19H30F3NO/c1-2-3-4-5-6-7-8-9-18(24)15-23-14-16-10-12-17(13-11-16)19(20,21)22/h10-13,18,23-24H,2-9,14-15H2,1H3. The molecule has 0 aliphatic rings. The van der Waals surface area contributed by atoms with E-state index >= 15 is 0 Å². The molecule has 0 aliphatic carbocycles. The van der Waals surface area contributed by atoms with Gasteiger partial charge in [0.1, 0.15) is 0 Å². The molecule has 1 unspecified atom stereocenters. The highest BCUT2D eigenvalue weighted by Gasteiger charge is 2.29. The van der Waals surface area contributed by atoms with Crippen LogP contribution in [0.4, 0.5) is 13.2 Å². The fourth-order valence-corrected chi connectivity index (χ4v) is 2.63. The van der Waals surface area contributed by atoms with Gasteiger partial charge in [-0.15, -0.1) is 0 Å². The van der Waals surface area contributed by atoms with Gasteiger partial charge in [-0.1, -0.05) is 64.0 Å². The van der Waals surface area contributed by atoms with Crippen LogP contribution >= 0.6 is 0 Å². The van der Waals surface area contributed by atoms with Crippen molar-refractivity contribution >= 4 is 0 Å². The Morgan fingerprint density at radius 2 is 1.54 bits per heavy atom. The second-order valence-electron chi connectivity index (χ2n) is 6.39. The molecular formula is C19H30F3NO. The zero-order valence-corrected chi connectivity index (χ0v) is 14.5. The Hall–Kier alpha value is -1.07. The van der Waals surface area contributed by atoms with Crippen molar-refractivity contribution in [2.24, 2.45) is 0 Å². The Balaban J connectivity index is 2.09. The summed E-state index contributed by atoms with van der Waals surface area (Å²) in [5.41, 5.74) is 0.149. The number of halogens is 3. The van der Waals surface area contributed by atoms with Crippen LogP contribution in [0.1, 0.15) is 69.4 Å². The highest BCUT2D eigenvalue weighted by Crippen LogP contribution is 2.29. The van der Waals surface area contributed by atoms with Crippen molar-refractivity contribution in [2.75, 3.05) is 6.54 Å². The Bertz CT molecular complexity index is 431. The maximum Gasteiger partial charge on any atom is 0.416 e. The van der Waals surface area contributed by atoms with Gasteiger partial charge < -0.3 is 10.4 Å². The van der Waals surface area contributed by atoms with E-state index in [2.05, 4.69) is 12.2 Å². The largest absolute Gasteiger partial charge is 0.416 e. The quantitative estimate of drug-likeness (QED) is 0.504. The van der Waals surface area contributed by atoms with Crippen molar-refractivity contribution < 1.29 is 18.3 Å². The van der Waals surface area contributed by atoms with E-state index in [1.807, 2.05) is 0 Å². The summed E-state index contributed by atoms with van der Waals surface area (Å²) in [6, 6.07) is 5.12. The minimum absolute atomic E-state index is 0.393. The van der Waals surface area contributed by atoms with Crippen molar-refractivity contribution in [3.8, 4) is 0 Å². The van der Waals surface area contributed by atoms with E-state index in [4.69, 9.17) is 0 Å². The lowest BCUT2D eigenvalue weighted by molar-refractivity contribution is -0.137. The number of aliphatic hydroxyl groups excluding tert-OH is 1. The van der Waals surface area contributed by atoms with Gasteiger partial charge in [-0.2, -0.15) is 13.2 Å². The number of nitrogens with one attached hydrogen (secondary N) is 1. The van der Waals surface area contributed by atoms with Crippen LogP contribution in [0.5, 0.6) is 0 Å². The number of hydrogen-bond donors (Lipinski definition) is 2. The van der Waals surface area contributed by atoms with Crippen LogP contribution in [0.25, 0.3) is 0 Å². The summed E-state index contributed by atoms with van der Waals surface area (Å²) in [6.45, 7) is 3.14. The van der Waals surface area contributed by atoms with Gasteiger partial charge in [0.2, 0.25) is 0 Å². The molecule has 2 N–H and O–H groups in total. The Morgan fingerprint density at radius 3 is 2.12 bits per heavy atom. The lowest BCUT2D eigenvalue weighted by atomic mass is 10.1. The van der Waals surface area contributed by atoms with E-state index in [-0.39, 0.29) is 0 Å². The van der Waals surface area contributed by atoms with Crippen LogP contribution in [0.2, 0.25) is 0 Å². The molecule has 24 heavy (non-hydrogen) atoms. The van der Waals surface area contributed by atoms with Crippen LogP contribution in [0.15, 0.2) is 24.3 Å². The van der Waals surface area contributed by atoms with Gasteiger partial charge in [0.25, 0.3) is 0 Å². The van der Waals surface area contributed by atoms with Gasteiger partial charge in [-0.3, -0.25) is 0 Å². The average Bonchev–Trinajstić information content (AvgIpc) is 2.54. The molecule has 5 heteroatoms. The molecule has 1 atom stereocenters. The number of benzene rings is 1. The fraction of sp³-hybridized carbons (Fsp3) is 0.684. The summed E-state index contributed by atoms with van der Waals surface area (Å²) in [5.74, 6) is 0. The van der Waals surface area contributed by atoms with Gasteiger partial charge in [0, 0.05) is 13.1 Å². The minimum Gasteiger partial charge on any atom is -0.392 e. The number of aliphatic hydroxyl groups is 1. The van der Waals surface area contributed by atoms with Crippen LogP contribution < -0.4 is 5.32 Å². The van der Waals surface area contributed by atoms with Crippen LogP contribution in [0, 0.1) is 0 Å². The lowest BCUT2D eigenvalue weighted by Crippen LogP contribution is -2.26. The fourth-order valence-electron chi connectivity index (χ4n) is 2.63. The second kappa shape index (κ2) is 11.5. The first-order valence-corrected chi connectivity index (χ1v) is 8.98. The van der Waals surface area contributed by atoms with E-state index in [1.54, 1.807) is 0 Å². The highest BCUT2D eigenvalue weighted by molar-refractivity contribution is 5.24. The average molecular weight is 345 g/mol. The molecule has 0 spiro atoms. The minimum atomic E-state index is -4.29. The molecule has 0 bridgehead atoms. The predicted molar refractivity (Wildman–Crippen MR) is 91.8 cm³/mol. The van der Waals surface area contributed by atoms with Gasteiger partial charge in [-0.05, 0) is 24.1 Å². The second-order valence-corrected chi connectivity index (χ2v) is 6.39. The third-order valence-electron chi connectivity index (χ3n) is 4.13. The summed E-state index contributed by atoms with van der Waals surface area (Å²) in [4.78, 5) is 0. The molecule has 0 aliphatic heterocycles. The summed E-state index contributed by atoms with van der Waals surface area (Å²) in [5, 5.41) is 13.0. The van der Waals surface area contributed by atoms with E-state index < -0.39 is 17.8 Å². The summed E-state index contributed by atoms with van der Waals surface area (Å²) in [6.07, 6.45) is 4.62. The van der Waals surface area contributed by atoms with Crippen molar-refractivity contribution in [3.05, 3.63) is 35.4 Å². The molecule has 1 rings (SSSR count). The molecular weight excluding hydrogens is 315 g/mol. The van der Waals surface area contributed by atoms with Crippen molar-refractivity contribution in [1.82, 2.24) is 5.32 Å². The lowest BCUT2D eigenvalue weighted by Gasteiger charge is -2.12. The molecule has 0 radical (unpaired) electrons. The van der Waals surface area contributed by atoms with Gasteiger partial charge >= 0.3 is 6.18 Å². The highest BCUT2D eigenvalue weighted by atomic mass is 19.4. The van der Waals surface area contributed by atoms with E-state index in [1.165, 1.54) is 44.2 Å². The normalized spacial score (nSPS) is 13.2. The summed E-state index contributed by atoms with van der Waals surface area (Å²) in [7, 11) is 0. The van der Waals surface area contributed by atoms with Gasteiger partial charge in [0.15, 0.2) is 0 Å². The molecule has 1 aromatic carbocycles. The van der Waals surface area contributed by atoms with Gasteiger partial charge in [0.05, 0.1) is 11.7 Å². The van der Waals surface area contributed by atoms with Crippen LogP contribution in [0.3, 0.4) is 0 Å². The topological polar surface area (TPSA) is 32.3 Å². The molecule has 2 nitrogen and oxygen atoms in total. The smallest absolute Gasteiger partial charge is 0.392 e. The van der Waals surface area contributed by atoms with E-state index in [0.29, 0.717) is 13.1 Å². The van der Waals surface area contributed by atoms with Gasteiger partial charge in [-0.25, -0.2) is 0 Å². The summed E-state index contributed by atoms with van der Waals surface area (Å²) >= 11 is 0. The maximum absolute atomic E-state index is 12.5. The predicted octanol–water partition coefficient (Wildman–Crippen LogP) is 5.30. The van der Waals surface area contributed by atoms with Crippen molar-refractivity contribution in [1.29, 1.82) is 0 Å². The zero-order valence-electron chi connectivity index (χ0n) is 14.5. The molecule has 0 saturated heterocycles. The Morgan fingerprint density at radius 1 is 0.958 bits per heavy atom. The molecule has 0 heterocycles. The first-order valence-electron chi connectivity index (χ1n) is 8.98. The van der Waals surface area contributed by atoms with E-state index in [9.17, 15) is 18.3 Å². The zero-order chi connectivity index (χ0) is 17.8.